The van der Waals surface area contributed by atoms with Crippen molar-refractivity contribution in [1.82, 2.24) is 5.32 Å². The summed E-state index contributed by atoms with van der Waals surface area (Å²) in [6, 6.07) is 3.26. The van der Waals surface area contributed by atoms with Crippen LogP contribution in [0.1, 0.15) is 29.2 Å². The maximum absolute atomic E-state index is 11.8. The SMILES string of the molecule is Cc1ccc(C(=O)NCC2(C(=O)O)CCOCC2)o1. The molecule has 1 aliphatic heterocycles. The van der Waals surface area contributed by atoms with Crippen molar-refractivity contribution in [3.63, 3.8) is 0 Å². The number of hydrogen-bond donors (Lipinski definition) is 2. The Bertz CT molecular complexity index is 473. The number of carbonyl (C=O) groups is 2. The number of carboxylic acid groups (broad SMARTS) is 1. The zero-order valence-corrected chi connectivity index (χ0v) is 10.8. The lowest BCUT2D eigenvalue weighted by molar-refractivity contribution is -0.154. The summed E-state index contributed by atoms with van der Waals surface area (Å²) in [6.45, 7) is 2.64. The molecule has 0 saturated carbocycles. The summed E-state index contributed by atoms with van der Waals surface area (Å²) in [4.78, 5) is 23.2. The normalized spacial score (nSPS) is 17.9. The molecule has 1 amide bonds. The second kappa shape index (κ2) is 5.44. The predicted molar refractivity (Wildman–Crippen MR) is 65.9 cm³/mol. The quantitative estimate of drug-likeness (QED) is 0.855. The molecule has 19 heavy (non-hydrogen) atoms. The van der Waals surface area contributed by atoms with Crippen molar-refractivity contribution >= 4 is 11.9 Å². The fourth-order valence-electron chi connectivity index (χ4n) is 2.12. The monoisotopic (exact) mass is 267 g/mol. The minimum atomic E-state index is -0.935. The predicted octanol–water partition coefficient (Wildman–Crippen LogP) is 1.20. The molecule has 1 saturated heterocycles. The van der Waals surface area contributed by atoms with Crippen molar-refractivity contribution < 1.29 is 23.8 Å². The number of carbonyl (C=O) groups excluding carboxylic acids is 1. The number of furan rings is 1. The molecule has 0 radical (unpaired) electrons. The number of ether oxygens (including phenoxy) is 1. The van der Waals surface area contributed by atoms with Gasteiger partial charge in [0.15, 0.2) is 5.76 Å². The van der Waals surface area contributed by atoms with Gasteiger partial charge in [0.25, 0.3) is 5.91 Å². The Morgan fingerprint density at radius 1 is 1.37 bits per heavy atom. The highest BCUT2D eigenvalue weighted by molar-refractivity contribution is 5.91. The molecule has 0 aromatic carbocycles. The molecule has 2 rings (SSSR count). The molecule has 1 aliphatic rings. The molecule has 1 aromatic rings. The molecule has 0 aliphatic carbocycles. The van der Waals surface area contributed by atoms with Gasteiger partial charge in [0.1, 0.15) is 5.76 Å². The van der Waals surface area contributed by atoms with E-state index in [0.717, 1.165) is 0 Å². The summed E-state index contributed by atoms with van der Waals surface area (Å²) in [5, 5.41) is 12.0. The van der Waals surface area contributed by atoms with Crippen LogP contribution in [0.4, 0.5) is 0 Å². The average Bonchev–Trinajstić information content (AvgIpc) is 2.83. The van der Waals surface area contributed by atoms with Gasteiger partial charge < -0.3 is 19.6 Å². The first-order valence-electron chi connectivity index (χ1n) is 6.19. The van der Waals surface area contributed by atoms with E-state index in [1.807, 2.05) is 0 Å². The fourth-order valence-corrected chi connectivity index (χ4v) is 2.12. The summed E-state index contributed by atoms with van der Waals surface area (Å²) in [6.07, 6.45) is 0.805. The molecular weight excluding hydrogens is 250 g/mol. The van der Waals surface area contributed by atoms with Crippen LogP contribution in [0, 0.1) is 12.3 Å². The van der Waals surface area contributed by atoms with Gasteiger partial charge in [0, 0.05) is 19.8 Å². The van der Waals surface area contributed by atoms with E-state index in [-0.39, 0.29) is 18.2 Å². The van der Waals surface area contributed by atoms with Gasteiger partial charge in [-0.25, -0.2) is 0 Å². The minimum Gasteiger partial charge on any atom is -0.481 e. The van der Waals surface area contributed by atoms with E-state index >= 15 is 0 Å². The van der Waals surface area contributed by atoms with Crippen LogP contribution in [0.2, 0.25) is 0 Å². The van der Waals surface area contributed by atoms with Crippen molar-refractivity contribution in [2.45, 2.75) is 19.8 Å². The van der Waals surface area contributed by atoms with Crippen LogP contribution in [0.5, 0.6) is 0 Å². The standard InChI is InChI=1S/C13H17NO5/c1-9-2-3-10(19-9)11(15)14-8-13(12(16)17)4-6-18-7-5-13/h2-3H,4-8H2,1H3,(H,14,15)(H,16,17). The van der Waals surface area contributed by atoms with E-state index in [1.165, 1.54) is 0 Å². The molecule has 0 unspecified atom stereocenters. The Morgan fingerprint density at radius 3 is 2.58 bits per heavy atom. The maximum atomic E-state index is 11.8. The van der Waals surface area contributed by atoms with Crippen molar-refractivity contribution in [1.29, 1.82) is 0 Å². The molecule has 2 heterocycles. The van der Waals surface area contributed by atoms with Crippen LogP contribution in [0.15, 0.2) is 16.5 Å². The van der Waals surface area contributed by atoms with Gasteiger partial charge in [-0.2, -0.15) is 0 Å². The second-order valence-corrected chi connectivity index (χ2v) is 4.79. The van der Waals surface area contributed by atoms with Gasteiger partial charge >= 0.3 is 5.97 Å². The summed E-state index contributed by atoms with van der Waals surface area (Å²) >= 11 is 0. The Morgan fingerprint density at radius 2 is 2.05 bits per heavy atom. The minimum absolute atomic E-state index is 0.0876. The Balaban J connectivity index is 1.99. The summed E-state index contributed by atoms with van der Waals surface area (Å²) in [5.41, 5.74) is -0.935. The van der Waals surface area contributed by atoms with Gasteiger partial charge in [0.05, 0.1) is 5.41 Å². The van der Waals surface area contributed by atoms with Gasteiger partial charge in [-0.1, -0.05) is 0 Å². The molecule has 1 aromatic heterocycles. The first-order chi connectivity index (χ1) is 9.03. The number of carboxylic acids is 1. The second-order valence-electron chi connectivity index (χ2n) is 4.79. The number of aliphatic carboxylic acids is 1. The summed E-state index contributed by atoms with van der Waals surface area (Å²) in [5.74, 6) is -0.443. The first kappa shape index (κ1) is 13.6. The van der Waals surface area contributed by atoms with Crippen molar-refractivity contribution in [2.24, 2.45) is 5.41 Å². The molecule has 0 spiro atoms. The molecule has 6 heteroatoms. The Kier molecular flexibility index (Phi) is 3.90. The van der Waals surface area contributed by atoms with Crippen molar-refractivity contribution in [3.05, 3.63) is 23.7 Å². The van der Waals surface area contributed by atoms with Crippen molar-refractivity contribution in [2.75, 3.05) is 19.8 Å². The zero-order valence-electron chi connectivity index (χ0n) is 10.8. The molecule has 6 nitrogen and oxygen atoms in total. The lowest BCUT2D eigenvalue weighted by atomic mass is 9.80. The highest BCUT2D eigenvalue weighted by Gasteiger charge is 2.40. The number of nitrogens with one attached hydrogen (secondary N) is 1. The van der Waals surface area contributed by atoms with E-state index in [0.29, 0.717) is 31.8 Å². The summed E-state index contributed by atoms with van der Waals surface area (Å²) < 4.78 is 10.4. The van der Waals surface area contributed by atoms with Crippen LogP contribution >= 0.6 is 0 Å². The van der Waals surface area contributed by atoms with Crippen LogP contribution in [-0.2, 0) is 9.53 Å². The largest absolute Gasteiger partial charge is 0.481 e. The fraction of sp³-hybridized carbons (Fsp3) is 0.538. The van der Waals surface area contributed by atoms with Gasteiger partial charge in [-0.15, -0.1) is 0 Å². The third kappa shape index (κ3) is 2.96. The van der Waals surface area contributed by atoms with Crippen molar-refractivity contribution in [3.8, 4) is 0 Å². The Hall–Kier alpha value is -1.82. The first-order valence-corrected chi connectivity index (χ1v) is 6.19. The molecule has 2 N–H and O–H groups in total. The zero-order chi connectivity index (χ0) is 13.9. The lowest BCUT2D eigenvalue weighted by Crippen LogP contribution is -2.46. The molecule has 1 fully saturated rings. The third-order valence-electron chi connectivity index (χ3n) is 3.46. The van der Waals surface area contributed by atoms with Crippen LogP contribution in [-0.4, -0.2) is 36.7 Å². The van der Waals surface area contributed by atoms with Gasteiger partial charge in [-0.3, -0.25) is 9.59 Å². The van der Waals surface area contributed by atoms with Crippen LogP contribution < -0.4 is 5.32 Å². The number of amides is 1. The molecule has 0 atom stereocenters. The third-order valence-corrected chi connectivity index (χ3v) is 3.46. The van der Waals surface area contributed by atoms with E-state index in [9.17, 15) is 14.7 Å². The van der Waals surface area contributed by atoms with Gasteiger partial charge in [-0.05, 0) is 31.9 Å². The maximum Gasteiger partial charge on any atom is 0.311 e. The Labute approximate surface area is 110 Å². The topological polar surface area (TPSA) is 88.8 Å². The number of rotatable bonds is 4. The highest BCUT2D eigenvalue weighted by Crippen LogP contribution is 2.30. The van der Waals surface area contributed by atoms with Crippen LogP contribution in [0.3, 0.4) is 0 Å². The molecule has 0 bridgehead atoms. The van der Waals surface area contributed by atoms with E-state index in [2.05, 4.69) is 5.32 Å². The highest BCUT2D eigenvalue weighted by atomic mass is 16.5. The number of aryl methyl sites for hydroxylation is 1. The molecule has 104 valence electrons. The van der Waals surface area contributed by atoms with E-state index in [1.54, 1.807) is 19.1 Å². The number of hydrogen-bond acceptors (Lipinski definition) is 4. The van der Waals surface area contributed by atoms with Crippen LogP contribution in [0.25, 0.3) is 0 Å². The lowest BCUT2D eigenvalue weighted by Gasteiger charge is -2.32. The van der Waals surface area contributed by atoms with E-state index in [4.69, 9.17) is 9.15 Å². The smallest absolute Gasteiger partial charge is 0.311 e. The summed E-state index contributed by atoms with van der Waals surface area (Å²) in [7, 11) is 0. The van der Waals surface area contributed by atoms with E-state index < -0.39 is 11.4 Å². The average molecular weight is 267 g/mol. The van der Waals surface area contributed by atoms with Gasteiger partial charge in [0.2, 0.25) is 0 Å². The molecular formula is C13H17NO5.